The Hall–Kier alpha value is -2.06. The first kappa shape index (κ1) is 19.7. The van der Waals surface area contributed by atoms with Gasteiger partial charge in [0.15, 0.2) is 5.16 Å². The van der Waals surface area contributed by atoms with Crippen molar-refractivity contribution < 1.29 is 9.53 Å². The molecule has 0 spiro atoms. The predicted octanol–water partition coefficient (Wildman–Crippen LogP) is 2.79. The summed E-state index contributed by atoms with van der Waals surface area (Å²) in [5, 5.41) is 9.69. The van der Waals surface area contributed by atoms with Crippen LogP contribution in [0.1, 0.15) is 36.5 Å². The number of carbonyl (C=O) groups is 1. The van der Waals surface area contributed by atoms with E-state index in [4.69, 9.17) is 4.74 Å². The number of aromatic amines is 1. The molecule has 1 saturated heterocycles. The molecule has 0 saturated carbocycles. The Morgan fingerprint density at radius 2 is 2.11 bits per heavy atom. The third-order valence-corrected chi connectivity index (χ3v) is 5.80. The van der Waals surface area contributed by atoms with Gasteiger partial charge in [-0.15, -0.1) is 5.10 Å². The molecule has 146 valence electrons. The second-order valence-corrected chi connectivity index (χ2v) is 8.39. The normalized spacial score (nSPS) is 17.9. The maximum absolute atomic E-state index is 12.7. The number of ether oxygens (including phenoxy) is 1. The largest absolute Gasteiger partial charge is 0.376 e. The fourth-order valence-electron chi connectivity index (χ4n) is 3.36. The standard InChI is InChI=1S/C19H26N4O3S/c1-11-8-12(2)16(13(3)9-11)20-17(24)14(4)27-19-22-21-18(25)23(19)10-15-6-5-7-26-15/h8-9,14-15H,5-7,10H2,1-4H3,(H,20,24)(H,21,25). The molecule has 0 bridgehead atoms. The van der Waals surface area contributed by atoms with Crippen molar-refractivity contribution in [1.29, 1.82) is 0 Å². The summed E-state index contributed by atoms with van der Waals surface area (Å²) in [6.07, 6.45) is 1.97. The van der Waals surface area contributed by atoms with Gasteiger partial charge in [0.2, 0.25) is 5.91 Å². The van der Waals surface area contributed by atoms with Crippen LogP contribution in [0.4, 0.5) is 5.69 Å². The van der Waals surface area contributed by atoms with E-state index in [2.05, 4.69) is 15.5 Å². The van der Waals surface area contributed by atoms with Crippen LogP contribution in [0.3, 0.4) is 0 Å². The lowest BCUT2D eigenvalue weighted by atomic mass is 10.1. The highest BCUT2D eigenvalue weighted by atomic mass is 32.2. The molecule has 1 amide bonds. The summed E-state index contributed by atoms with van der Waals surface area (Å²) in [5.74, 6) is -0.117. The number of H-pyrrole nitrogens is 1. The number of aryl methyl sites for hydroxylation is 3. The van der Waals surface area contributed by atoms with E-state index >= 15 is 0 Å². The van der Waals surface area contributed by atoms with Crippen LogP contribution in [-0.2, 0) is 16.1 Å². The Morgan fingerprint density at radius 1 is 1.41 bits per heavy atom. The van der Waals surface area contributed by atoms with Gasteiger partial charge in [-0.1, -0.05) is 29.5 Å². The summed E-state index contributed by atoms with van der Waals surface area (Å²) in [6.45, 7) is 9.01. The number of aromatic nitrogens is 3. The minimum absolute atomic E-state index is 0.0293. The number of carbonyl (C=O) groups excluding carboxylic acids is 1. The summed E-state index contributed by atoms with van der Waals surface area (Å²) in [6, 6.07) is 4.10. The first-order chi connectivity index (χ1) is 12.8. The molecule has 2 N–H and O–H groups in total. The van der Waals surface area contributed by atoms with Crippen molar-refractivity contribution in [3.8, 4) is 0 Å². The van der Waals surface area contributed by atoms with E-state index in [1.165, 1.54) is 17.3 Å². The van der Waals surface area contributed by atoms with Crippen molar-refractivity contribution in [1.82, 2.24) is 14.8 Å². The number of nitrogens with zero attached hydrogens (tertiary/aromatic N) is 2. The first-order valence-corrected chi connectivity index (χ1v) is 10.0. The van der Waals surface area contributed by atoms with Crippen molar-refractivity contribution in [2.75, 3.05) is 11.9 Å². The molecule has 8 heteroatoms. The molecule has 0 aliphatic carbocycles. The fourth-order valence-corrected chi connectivity index (χ4v) is 4.23. The molecule has 0 radical (unpaired) electrons. The molecule has 1 aliphatic rings. The number of hydrogen-bond acceptors (Lipinski definition) is 5. The van der Waals surface area contributed by atoms with Crippen molar-refractivity contribution in [2.45, 2.75) is 63.6 Å². The maximum Gasteiger partial charge on any atom is 0.344 e. The van der Waals surface area contributed by atoms with Crippen LogP contribution in [0.2, 0.25) is 0 Å². The molecule has 3 rings (SSSR count). The van der Waals surface area contributed by atoms with Crippen LogP contribution in [0, 0.1) is 20.8 Å². The predicted molar refractivity (Wildman–Crippen MR) is 106 cm³/mol. The number of benzene rings is 1. The topological polar surface area (TPSA) is 89.0 Å². The monoisotopic (exact) mass is 390 g/mol. The van der Waals surface area contributed by atoms with Crippen LogP contribution in [0.15, 0.2) is 22.1 Å². The van der Waals surface area contributed by atoms with Crippen molar-refractivity contribution in [3.05, 3.63) is 39.3 Å². The van der Waals surface area contributed by atoms with Gasteiger partial charge < -0.3 is 10.1 Å². The van der Waals surface area contributed by atoms with Gasteiger partial charge >= 0.3 is 5.69 Å². The van der Waals surface area contributed by atoms with E-state index in [9.17, 15) is 9.59 Å². The Morgan fingerprint density at radius 3 is 2.74 bits per heavy atom. The number of rotatable bonds is 6. The summed E-state index contributed by atoms with van der Waals surface area (Å²) in [5.41, 5.74) is 3.81. The van der Waals surface area contributed by atoms with E-state index in [0.29, 0.717) is 11.7 Å². The molecular formula is C19H26N4O3S. The fraction of sp³-hybridized carbons (Fsp3) is 0.526. The first-order valence-electron chi connectivity index (χ1n) is 9.17. The van der Waals surface area contributed by atoms with E-state index in [0.717, 1.165) is 36.3 Å². The number of thioether (sulfide) groups is 1. The zero-order valence-corrected chi connectivity index (χ0v) is 17.0. The molecule has 2 aromatic rings. The third kappa shape index (κ3) is 4.62. The van der Waals surface area contributed by atoms with E-state index in [-0.39, 0.29) is 17.7 Å². The summed E-state index contributed by atoms with van der Waals surface area (Å²) < 4.78 is 7.18. The molecule has 27 heavy (non-hydrogen) atoms. The Bertz CT molecular complexity index is 860. The lowest BCUT2D eigenvalue weighted by Gasteiger charge is -2.16. The van der Waals surface area contributed by atoms with Crippen molar-refractivity contribution in [2.24, 2.45) is 0 Å². The van der Waals surface area contributed by atoms with Gasteiger partial charge in [-0.05, 0) is 51.7 Å². The minimum Gasteiger partial charge on any atom is -0.376 e. The molecule has 2 heterocycles. The molecule has 2 atom stereocenters. The van der Waals surface area contributed by atoms with Gasteiger partial charge in [-0.25, -0.2) is 9.89 Å². The second kappa shape index (κ2) is 8.31. The van der Waals surface area contributed by atoms with Gasteiger partial charge in [0.1, 0.15) is 0 Å². The molecule has 1 aliphatic heterocycles. The van der Waals surface area contributed by atoms with Crippen LogP contribution >= 0.6 is 11.8 Å². The average molecular weight is 391 g/mol. The lowest BCUT2D eigenvalue weighted by Crippen LogP contribution is -2.27. The quantitative estimate of drug-likeness (QED) is 0.741. The van der Waals surface area contributed by atoms with Crippen LogP contribution in [0.25, 0.3) is 0 Å². The maximum atomic E-state index is 12.7. The molecule has 1 fully saturated rings. The molecular weight excluding hydrogens is 364 g/mol. The molecule has 2 unspecified atom stereocenters. The number of nitrogens with one attached hydrogen (secondary N) is 2. The molecule has 1 aromatic carbocycles. The van der Waals surface area contributed by atoms with E-state index < -0.39 is 5.25 Å². The summed E-state index contributed by atoms with van der Waals surface area (Å²) >= 11 is 1.27. The van der Waals surface area contributed by atoms with Gasteiger partial charge in [0.05, 0.1) is 17.9 Å². The van der Waals surface area contributed by atoms with E-state index in [1.807, 2.05) is 39.8 Å². The minimum atomic E-state index is -0.399. The SMILES string of the molecule is Cc1cc(C)c(NC(=O)C(C)Sc2n[nH]c(=O)n2CC2CCCO2)c(C)c1. The van der Waals surface area contributed by atoms with Crippen molar-refractivity contribution in [3.63, 3.8) is 0 Å². The van der Waals surface area contributed by atoms with E-state index in [1.54, 1.807) is 4.57 Å². The zero-order chi connectivity index (χ0) is 19.6. The number of anilines is 1. The van der Waals surface area contributed by atoms with Crippen LogP contribution < -0.4 is 11.0 Å². The highest BCUT2D eigenvalue weighted by Gasteiger charge is 2.23. The van der Waals surface area contributed by atoms with Crippen LogP contribution in [0.5, 0.6) is 0 Å². The summed E-state index contributed by atoms with van der Waals surface area (Å²) in [7, 11) is 0. The second-order valence-electron chi connectivity index (χ2n) is 7.08. The van der Waals surface area contributed by atoms with Crippen molar-refractivity contribution >= 4 is 23.4 Å². The highest BCUT2D eigenvalue weighted by Crippen LogP contribution is 2.26. The van der Waals surface area contributed by atoms with Gasteiger partial charge in [0, 0.05) is 12.3 Å². The molecule has 7 nitrogen and oxygen atoms in total. The van der Waals surface area contributed by atoms with Gasteiger partial charge in [0.25, 0.3) is 0 Å². The third-order valence-electron chi connectivity index (χ3n) is 4.71. The average Bonchev–Trinajstić information content (AvgIpc) is 3.23. The Labute approximate surface area is 162 Å². The Balaban J connectivity index is 1.69. The van der Waals surface area contributed by atoms with Crippen LogP contribution in [-0.4, -0.2) is 38.6 Å². The highest BCUT2D eigenvalue weighted by molar-refractivity contribution is 8.00. The number of hydrogen-bond donors (Lipinski definition) is 2. The number of amides is 1. The van der Waals surface area contributed by atoms with Gasteiger partial charge in [-0.2, -0.15) is 0 Å². The Kier molecular flexibility index (Phi) is 6.06. The van der Waals surface area contributed by atoms with Gasteiger partial charge in [-0.3, -0.25) is 9.36 Å². The molecule has 1 aromatic heterocycles. The zero-order valence-electron chi connectivity index (χ0n) is 16.2. The lowest BCUT2D eigenvalue weighted by molar-refractivity contribution is -0.115. The summed E-state index contributed by atoms with van der Waals surface area (Å²) in [4.78, 5) is 24.8. The smallest absolute Gasteiger partial charge is 0.344 e.